The molecule has 1 aromatic heterocycles. The first-order valence-electron chi connectivity index (χ1n) is 5.80. The highest BCUT2D eigenvalue weighted by atomic mass is 79.9. The molecule has 0 amide bonds. The van der Waals surface area contributed by atoms with E-state index in [9.17, 15) is 8.42 Å². The van der Waals surface area contributed by atoms with Crippen molar-refractivity contribution in [2.75, 3.05) is 13.2 Å². The summed E-state index contributed by atoms with van der Waals surface area (Å²) in [5.41, 5.74) is 0. The summed E-state index contributed by atoms with van der Waals surface area (Å²) in [6.45, 7) is 1.03. The van der Waals surface area contributed by atoms with Gasteiger partial charge in [0.25, 0.3) is 0 Å². The highest BCUT2D eigenvalue weighted by Gasteiger charge is 2.19. The number of aromatic nitrogens is 1. The lowest BCUT2D eigenvalue weighted by Gasteiger charge is -2.22. The van der Waals surface area contributed by atoms with Crippen LogP contribution in [0.2, 0.25) is 0 Å². The lowest BCUT2D eigenvalue weighted by Crippen LogP contribution is -2.35. The molecule has 2 heterocycles. The van der Waals surface area contributed by atoms with Crippen LogP contribution >= 0.6 is 15.9 Å². The highest BCUT2D eigenvalue weighted by molar-refractivity contribution is 9.10. The third kappa shape index (κ3) is 3.74. The first-order valence-corrected chi connectivity index (χ1v) is 8.07. The van der Waals surface area contributed by atoms with Crippen LogP contribution in [-0.4, -0.2) is 32.7 Å². The van der Waals surface area contributed by atoms with Crippen molar-refractivity contribution in [3.05, 3.63) is 22.9 Å². The maximum atomic E-state index is 12.0. The van der Waals surface area contributed by atoms with Crippen LogP contribution in [0.1, 0.15) is 19.3 Å². The molecule has 1 aromatic rings. The molecular weight excluding hydrogens is 320 g/mol. The number of hydrogen-bond acceptors (Lipinski definition) is 4. The average molecular weight is 335 g/mol. The zero-order valence-corrected chi connectivity index (χ0v) is 12.2. The molecule has 100 valence electrons. The molecule has 1 N–H and O–H groups in total. The lowest BCUT2D eigenvalue weighted by atomic mass is 10.1. The fraction of sp³-hybridized carbons (Fsp3) is 0.545. The van der Waals surface area contributed by atoms with Crippen molar-refractivity contribution in [3.63, 3.8) is 0 Å². The maximum Gasteiger partial charge on any atom is 0.242 e. The van der Waals surface area contributed by atoms with Crippen LogP contribution in [0.3, 0.4) is 0 Å². The number of pyridine rings is 1. The monoisotopic (exact) mass is 334 g/mol. The SMILES string of the molecule is O=S(=O)(NCC1CCCCO1)c1cncc(Br)c1. The van der Waals surface area contributed by atoms with Gasteiger partial charge in [0.1, 0.15) is 4.90 Å². The fourth-order valence-electron chi connectivity index (χ4n) is 1.79. The normalized spacial score (nSPS) is 20.8. The van der Waals surface area contributed by atoms with Gasteiger partial charge in [-0.2, -0.15) is 0 Å². The van der Waals surface area contributed by atoms with Gasteiger partial charge in [0, 0.05) is 30.0 Å². The Hall–Kier alpha value is -0.500. The van der Waals surface area contributed by atoms with Crippen LogP contribution in [0.25, 0.3) is 0 Å². The molecule has 0 aliphatic carbocycles. The second-order valence-electron chi connectivity index (χ2n) is 4.18. The summed E-state index contributed by atoms with van der Waals surface area (Å²) < 4.78 is 32.7. The molecule has 2 rings (SSSR count). The van der Waals surface area contributed by atoms with Crippen LogP contribution in [0.4, 0.5) is 0 Å². The zero-order valence-electron chi connectivity index (χ0n) is 9.80. The van der Waals surface area contributed by atoms with E-state index in [0.717, 1.165) is 19.3 Å². The second kappa shape index (κ2) is 6.10. The van der Waals surface area contributed by atoms with Crippen molar-refractivity contribution >= 4 is 26.0 Å². The van der Waals surface area contributed by atoms with E-state index < -0.39 is 10.0 Å². The molecule has 0 radical (unpaired) electrons. The van der Waals surface area contributed by atoms with Crippen LogP contribution in [0, 0.1) is 0 Å². The summed E-state index contributed by atoms with van der Waals surface area (Å²) in [7, 11) is -3.50. The molecule has 0 aromatic carbocycles. The quantitative estimate of drug-likeness (QED) is 0.909. The van der Waals surface area contributed by atoms with Gasteiger partial charge in [-0.3, -0.25) is 4.98 Å². The van der Waals surface area contributed by atoms with E-state index in [4.69, 9.17) is 4.74 Å². The molecule has 0 bridgehead atoms. The van der Waals surface area contributed by atoms with Crippen LogP contribution in [0.5, 0.6) is 0 Å². The smallest absolute Gasteiger partial charge is 0.242 e. The van der Waals surface area contributed by atoms with Gasteiger partial charge in [0.2, 0.25) is 10.0 Å². The molecule has 1 fully saturated rings. The van der Waals surface area contributed by atoms with E-state index in [-0.39, 0.29) is 11.0 Å². The van der Waals surface area contributed by atoms with Gasteiger partial charge in [-0.1, -0.05) is 0 Å². The fourth-order valence-corrected chi connectivity index (χ4v) is 3.36. The minimum atomic E-state index is -3.50. The predicted octanol–water partition coefficient (Wildman–Crippen LogP) is 1.69. The van der Waals surface area contributed by atoms with Gasteiger partial charge >= 0.3 is 0 Å². The molecule has 1 aliphatic rings. The van der Waals surface area contributed by atoms with Gasteiger partial charge < -0.3 is 4.74 Å². The molecule has 18 heavy (non-hydrogen) atoms. The topological polar surface area (TPSA) is 68.3 Å². The number of nitrogens with one attached hydrogen (secondary N) is 1. The first-order chi connectivity index (χ1) is 8.58. The number of halogens is 1. The molecule has 5 nitrogen and oxygen atoms in total. The van der Waals surface area contributed by atoms with Crippen molar-refractivity contribution < 1.29 is 13.2 Å². The number of rotatable bonds is 4. The maximum absolute atomic E-state index is 12.0. The van der Waals surface area contributed by atoms with Crippen molar-refractivity contribution in [2.45, 2.75) is 30.3 Å². The van der Waals surface area contributed by atoms with E-state index in [2.05, 4.69) is 25.6 Å². The third-order valence-electron chi connectivity index (χ3n) is 2.77. The Morgan fingerprint density at radius 3 is 2.94 bits per heavy atom. The molecule has 1 atom stereocenters. The molecule has 1 unspecified atom stereocenters. The largest absolute Gasteiger partial charge is 0.377 e. The lowest BCUT2D eigenvalue weighted by molar-refractivity contribution is 0.0200. The van der Waals surface area contributed by atoms with E-state index in [1.54, 1.807) is 6.20 Å². The van der Waals surface area contributed by atoms with Crippen molar-refractivity contribution in [1.29, 1.82) is 0 Å². The number of ether oxygens (including phenoxy) is 1. The standard InChI is InChI=1S/C11H15BrN2O3S/c12-9-5-11(8-13-6-9)18(15,16)14-7-10-3-1-2-4-17-10/h5-6,8,10,14H,1-4,7H2. The van der Waals surface area contributed by atoms with Crippen molar-refractivity contribution in [1.82, 2.24) is 9.71 Å². The Labute approximate surface area is 115 Å². The number of nitrogens with zero attached hydrogens (tertiary/aromatic N) is 1. The summed E-state index contributed by atoms with van der Waals surface area (Å²) in [6.07, 6.45) is 5.90. The van der Waals surface area contributed by atoms with Crippen LogP contribution in [-0.2, 0) is 14.8 Å². The molecule has 1 saturated heterocycles. The van der Waals surface area contributed by atoms with E-state index in [0.29, 0.717) is 17.6 Å². The molecule has 0 spiro atoms. The van der Waals surface area contributed by atoms with E-state index in [1.807, 2.05) is 0 Å². The Kier molecular flexibility index (Phi) is 4.71. The Balaban J connectivity index is 1.98. The van der Waals surface area contributed by atoms with Crippen LogP contribution < -0.4 is 4.72 Å². The molecular formula is C11H15BrN2O3S. The minimum absolute atomic E-state index is 0.0198. The minimum Gasteiger partial charge on any atom is -0.377 e. The summed E-state index contributed by atoms with van der Waals surface area (Å²) in [6, 6.07) is 1.52. The predicted molar refractivity (Wildman–Crippen MR) is 70.7 cm³/mol. The molecule has 7 heteroatoms. The zero-order chi connectivity index (χ0) is 13.0. The number of sulfonamides is 1. The van der Waals surface area contributed by atoms with Gasteiger partial charge in [0.15, 0.2) is 0 Å². The Bertz CT molecular complexity index is 501. The van der Waals surface area contributed by atoms with Crippen LogP contribution in [0.15, 0.2) is 27.8 Å². The van der Waals surface area contributed by atoms with Gasteiger partial charge in [-0.25, -0.2) is 13.1 Å². The Morgan fingerprint density at radius 1 is 1.44 bits per heavy atom. The molecule has 0 saturated carbocycles. The summed E-state index contributed by atoms with van der Waals surface area (Å²) in [4.78, 5) is 4.01. The van der Waals surface area contributed by atoms with Crippen molar-refractivity contribution in [3.8, 4) is 0 Å². The van der Waals surface area contributed by atoms with Gasteiger partial charge in [-0.05, 0) is 41.3 Å². The second-order valence-corrected chi connectivity index (χ2v) is 6.86. The van der Waals surface area contributed by atoms with E-state index in [1.165, 1.54) is 12.3 Å². The first kappa shape index (κ1) is 13.9. The van der Waals surface area contributed by atoms with Gasteiger partial charge in [-0.15, -0.1) is 0 Å². The summed E-state index contributed by atoms with van der Waals surface area (Å²) >= 11 is 3.20. The summed E-state index contributed by atoms with van der Waals surface area (Å²) in [5, 5.41) is 0. The van der Waals surface area contributed by atoms with E-state index >= 15 is 0 Å². The highest BCUT2D eigenvalue weighted by Crippen LogP contribution is 2.15. The summed E-state index contributed by atoms with van der Waals surface area (Å²) in [5.74, 6) is 0. The van der Waals surface area contributed by atoms with Gasteiger partial charge in [0.05, 0.1) is 6.10 Å². The number of hydrogen-bond donors (Lipinski definition) is 1. The average Bonchev–Trinajstić information content (AvgIpc) is 2.38. The van der Waals surface area contributed by atoms with Crippen molar-refractivity contribution in [2.24, 2.45) is 0 Å². The molecule has 1 aliphatic heterocycles. The Morgan fingerprint density at radius 2 is 2.28 bits per heavy atom. The third-order valence-corrected chi connectivity index (χ3v) is 4.59.